The molecule has 0 saturated heterocycles. The second-order valence-corrected chi connectivity index (χ2v) is 3.90. The van der Waals surface area contributed by atoms with Crippen LogP contribution in [0.4, 0.5) is 0 Å². The quantitative estimate of drug-likeness (QED) is 0.174. The molecule has 0 saturated carbocycles. The normalized spacial score (nSPS) is 10.1. The lowest BCUT2D eigenvalue weighted by atomic mass is 10.6. The summed E-state index contributed by atoms with van der Waals surface area (Å²) in [4.78, 5) is 21.4. The van der Waals surface area contributed by atoms with Gasteiger partial charge in [0.2, 0.25) is 0 Å². The van der Waals surface area contributed by atoms with Gasteiger partial charge in [0.15, 0.2) is 0 Å². The minimum Gasteiger partial charge on any atom is -0.460 e. The lowest BCUT2D eigenvalue weighted by Crippen LogP contribution is -2.14. The molecule has 8 nitrogen and oxygen atoms in total. The third-order valence-electron chi connectivity index (χ3n) is 2.19. The van der Waals surface area contributed by atoms with E-state index in [-0.39, 0.29) is 20.0 Å². The largest absolute Gasteiger partial charge is 0.460 e. The molecule has 0 aromatic carbocycles. The maximum Gasteiger partial charge on any atom is 0.330 e. The molecule has 0 fully saturated rings. The summed E-state index contributed by atoms with van der Waals surface area (Å²) >= 11 is 0. The zero-order valence-corrected chi connectivity index (χ0v) is 13.2. The number of hydrogen-bond acceptors (Lipinski definition) is 8. The van der Waals surface area contributed by atoms with Crippen LogP contribution >= 0.6 is 0 Å². The number of hydrogen-bond donors (Lipinski definition) is 0. The van der Waals surface area contributed by atoms with Gasteiger partial charge in [-0.15, -0.1) is 0 Å². The van der Waals surface area contributed by atoms with Gasteiger partial charge in [0, 0.05) is 12.2 Å². The van der Waals surface area contributed by atoms with Crippen molar-refractivity contribution in [3.05, 3.63) is 25.3 Å². The second kappa shape index (κ2) is 16.6. The van der Waals surface area contributed by atoms with Crippen LogP contribution in [0.15, 0.2) is 25.3 Å². The summed E-state index contributed by atoms with van der Waals surface area (Å²) in [6.45, 7) is 9.13. The Morgan fingerprint density at radius 2 is 0.957 bits per heavy atom. The number of rotatable bonds is 16. The highest BCUT2D eigenvalue weighted by Gasteiger charge is 1.96. The first-order chi connectivity index (χ1) is 11.2. The number of ether oxygens (including phenoxy) is 6. The lowest BCUT2D eigenvalue weighted by molar-refractivity contribution is -0.140. The number of esters is 2. The van der Waals surface area contributed by atoms with Crippen molar-refractivity contribution in [2.45, 2.75) is 0 Å². The van der Waals surface area contributed by atoms with E-state index in [1.807, 2.05) is 0 Å². The summed E-state index contributed by atoms with van der Waals surface area (Å²) in [5.41, 5.74) is 0. The summed E-state index contributed by atoms with van der Waals surface area (Å²) < 4.78 is 30.1. The first-order valence-corrected chi connectivity index (χ1v) is 7.10. The van der Waals surface area contributed by atoms with Gasteiger partial charge in [-0.1, -0.05) is 13.2 Å². The summed E-state index contributed by atoms with van der Waals surface area (Å²) in [5.74, 6) is -0.946. The van der Waals surface area contributed by atoms with Crippen molar-refractivity contribution in [3.8, 4) is 0 Å². The Bertz CT molecular complexity index is 310. The van der Waals surface area contributed by atoms with Gasteiger partial charge in [0.1, 0.15) is 20.0 Å². The van der Waals surface area contributed by atoms with E-state index in [1.165, 1.54) is 0 Å². The van der Waals surface area contributed by atoms with Gasteiger partial charge in [-0.3, -0.25) is 0 Å². The van der Waals surface area contributed by atoms with Crippen molar-refractivity contribution in [1.29, 1.82) is 0 Å². The van der Waals surface area contributed by atoms with Gasteiger partial charge in [0.05, 0.1) is 39.6 Å². The van der Waals surface area contributed by atoms with Crippen LogP contribution in [0.2, 0.25) is 0 Å². The molecular formula is C15H24O8. The fourth-order valence-electron chi connectivity index (χ4n) is 1.14. The summed E-state index contributed by atoms with van der Waals surface area (Å²) in [6.07, 6.45) is 2.19. The molecular weight excluding hydrogens is 308 g/mol. The van der Waals surface area contributed by atoms with Gasteiger partial charge in [0.25, 0.3) is 0 Å². The van der Waals surface area contributed by atoms with Gasteiger partial charge in [-0.05, 0) is 0 Å². The molecule has 0 aromatic heterocycles. The fourth-order valence-corrected chi connectivity index (χ4v) is 1.14. The third kappa shape index (κ3) is 16.5. The minimum absolute atomic E-state index is 0.129. The molecule has 0 atom stereocenters. The molecule has 0 aliphatic rings. The van der Waals surface area contributed by atoms with Crippen molar-refractivity contribution in [2.75, 3.05) is 59.6 Å². The van der Waals surface area contributed by atoms with Gasteiger partial charge < -0.3 is 28.4 Å². The maximum atomic E-state index is 10.7. The van der Waals surface area contributed by atoms with Crippen molar-refractivity contribution < 1.29 is 38.0 Å². The van der Waals surface area contributed by atoms with Crippen molar-refractivity contribution in [2.24, 2.45) is 0 Å². The average Bonchev–Trinajstić information content (AvgIpc) is 2.57. The Balaban J connectivity index is 3.08. The van der Waals surface area contributed by atoms with Crippen molar-refractivity contribution in [3.63, 3.8) is 0 Å². The molecule has 0 rings (SSSR count). The van der Waals surface area contributed by atoms with Crippen LogP contribution in [0.3, 0.4) is 0 Å². The van der Waals surface area contributed by atoms with Gasteiger partial charge in [-0.2, -0.15) is 0 Å². The van der Waals surface area contributed by atoms with E-state index in [2.05, 4.69) is 13.2 Å². The Morgan fingerprint density at radius 3 is 1.35 bits per heavy atom. The molecule has 0 radical (unpaired) electrons. The van der Waals surface area contributed by atoms with E-state index < -0.39 is 11.9 Å². The maximum absolute atomic E-state index is 10.7. The third-order valence-corrected chi connectivity index (χ3v) is 2.19. The number of carbonyl (C=O) groups is 2. The van der Waals surface area contributed by atoms with E-state index >= 15 is 0 Å². The lowest BCUT2D eigenvalue weighted by Gasteiger charge is -2.07. The van der Waals surface area contributed by atoms with Crippen LogP contribution in [0.25, 0.3) is 0 Å². The Kier molecular flexibility index (Phi) is 15.4. The van der Waals surface area contributed by atoms with E-state index in [9.17, 15) is 9.59 Å². The van der Waals surface area contributed by atoms with E-state index in [0.29, 0.717) is 39.6 Å². The van der Waals surface area contributed by atoms with Gasteiger partial charge >= 0.3 is 11.9 Å². The highest BCUT2D eigenvalue weighted by molar-refractivity contribution is 5.81. The zero-order valence-electron chi connectivity index (χ0n) is 13.2. The molecule has 0 amide bonds. The Hall–Kier alpha value is -1.74. The SMILES string of the molecule is C=CC(=O)OCCOCCOCOCCOCCOC(=O)C=C. The predicted octanol–water partition coefficient (Wildman–Crippen LogP) is 0.469. The topological polar surface area (TPSA) is 89.5 Å². The highest BCUT2D eigenvalue weighted by atomic mass is 16.7. The second-order valence-electron chi connectivity index (χ2n) is 3.90. The van der Waals surface area contributed by atoms with Crippen LogP contribution in [0.1, 0.15) is 0 Å². The zero-order chi connectivity index (χ0) is 17.2. The molecule has 132 valence electrons. The molecule has 0 aliphatic heterocycles. The van der Waals surface area contributed by atoms with E-state index in [0.717, 1.165) is 12.2 Å². The fraction of sp³-hybridized carbons (Fsp3) is 0.600. The average molecular weight is 332 g/mol. The molecule has 23 heavy (non-hydrogen) atoms. The Morgan fingerprint density at radius 1 is 0.609 bits per heavy atom. The molecule has 0 aliphatic carbocycles. The van der Waals surface area contributed by atoms with E-state index in [4.69, 9.17) is 28.4 Å². The highest BCUT2D eigenvalue weighted by Crippen LogP contribution is 1.85. The van der Waals surface area contributed by atoms with Gasteiger partial charge in [-0.25, -0.2) is 9.59 Å². The van der Waals surface area contributed by atoms with Crippen LogP contribution < -0.4 is 0 Å². The molecule has 8 heteroatoms. The smallest absolute Gasteiger partial charge is 0.330 e. The molecule has 0 bridgehead atoms. The minimum atomic E-state index is -0.473. The predicted molar refractivity (Wildman–Crippen MR) is 80.7 cm³/mol. The first-order valence-electron chi connectivity index (χ1n) is 7.10. The molecule has 0 unspecified atom stereocenters. The monoisotopic (exact) mass is 332 g/mol. The molecule has 0 heterocycles. The van der Waals surface area contributed by atoms with Crippen LogP contribution in [0, 0.1) is 0 Å². The van der Waals surface area contributed by atoms with Crippen LogP contribution in [-0.4, -0.2) is 71.6 Å². The van der Waals surface area contributed by atoms with Crippen LogP contribution in [0.5, 0.6) is 0 Å². The van der Waals surface area contributed by atoms with Crippen molar-refractivity contribution >= 4 is 11.9 Å². The summed E-state index contributed by atoms with van der Waals surface area (Å²) in [5, 5.41) is 0. The van der Waals surface area contributed by atoms with E-state index in [1.54, 1.807) is 0 Å². The molecule has 0 aromatic rings. The summed E-state index contributed by atoms with van der Waals surface area (Å²) in [7, 11) is 0. The van der Waals surface area contributed by atoms with Crippen LogP contribution in [-0.2, 0) is 38.0 Å². The standard InChI is InChI=1S/C15H24O8/c1-3-14(16)22-11-9-18-5-7-20-13-21-8-6-19-10-12-23-15(17)4-2/h3-4H,1-2,5-13H2. The Labute approximate surface area is 135 Å². The molecule has 0 N–H and O–H groups in total. The first kappa shape index (κ1) is 21.3. The summed E-state index contributed by atoms with van der Waals surface area (Å²) in [6, 6.07) is 0. The molecule has 0 spiro atoms. The number of carbonyl (C=O) groups excluding carboxylic acids is 2. The van der Waals surface area contributed by atoms with Crippen molar-refractivity contribution in [1.82, 2.24) is 0 Å².